The number of hydrogen-bond acceptors (Lipinski definition) is 5. The first kappa shape index (κ1) is 22.9. The van der Waals surface area contributed by atoms with Crippen LogP contribution in [0.2, 0.25) is 0 Å². The molecule has 2 aliphatic heterocycles. The van der Waals surface area contributed by atoms with Crippen molar-refractivity contribution >= 4 is 5.97 Å². The molecule has 1 saturated heterocycles. The van der Waals surface area contributed by atoms with Crippen molar-refractivity contribution in [2.75, 3.05) is 34.0 Å². The van der Waals surface area contributed by atoms with Gasteiger partial charge in [0.25, 0.3) is 0 Å². The Hall–Kier alpha value is -1.82. The molecule has 0 amide bonds. The highest BCUT2D eigenvalue weighted by molar-refractivity contribution is 5.66. The van der Waals surface area contributed by atoms with Crippen molar-refractivity contribution in [3.63, 3.8) is 0 Å². The minimum atomic E-state index is -0.290. The van der Waals surface area contributed by atoms with Crippen LogP contribution in [0, 0.1) is 11.3 Å². The van der Waals surface area contributed by atoms with Crippen molar-refractivity contribution in [3.05, 3.63) is 23.3 Å². The number of rotatable bonds is 8. The summed E-state index contributed by atoms with van der Waals surface area (Å²) in [4.78, 5) is 14.3. The van der Waals surface area contributed by atoms with E-state index in [1.54, 1.807) is 14.2 Å². The SMILES string of the molecule is COc1cc2c(cc1OC)[C@H]1C[C@@H](OC(C)=O)[C@H](CCC(C)(C)CC[19F])CN1CC2. The second-order valence-electron chi connectivity index (χ2n) is 9.45. The van der Waals surface area contributed by atoms with E-state index in [1.807, 2.05) is 0 Å². The topological polar surface area (TPSA) is 48.0 Å². The Kier molecular flexibility index (Phi) is 7.27. The molecule has 6 heteroatoms. The Labute approximate surface area is 179 Å². The fraction of sp³-hybridized carbons (Fsp3) is 0.708. The van der Waals surface area contributed by atoms with Gasteiger partial charge >= 0.3 is 5.97 Å². The summed E-state index contributed by atoms with van der Waals surface area (Å²) in [7, 11) is 3.31. The average Bonchev–Trinajstić information content (AvgIpc) is 2.70. The summed E-state index contributed by atoms with van der Waals surface area (Å²) in [6, 6.07) is 4.37. The van der Waals surface area contributed by atoms with Crippen LogP contribution in [0.5, 0.6) is 11.5 Å². The Balaban J connectivity index is 1.82. The first-order valence-corrected chi connectivity index (χ1v) is 11.0. The maximum Gasteiger partial charge on any atom is 0.302 e. The van der Waals surface area contributed by atoms with E-state index in [1.165, 1.54) is 18.1 Å². The van der Waals surface area contributed by atoms with Gasteiger partial charge in [0.2, 0.25) is 0 Å². The summed E-state index contributed by atoms with van der Waals surface area (Å²) in [5.74, 6) is 1.53. The van der Waals surface area contributed by atoms with Crippen molar-refractivity contribution in [2.45, 2.75) is 65.0 Å². The zero-order chi connectivity index (χ0) is 21.9. The van der Waals surface area contributed by atoms with E-state index in [9.17, 15) is 9.18 Å². The Morgan fingerprint density at radius 2 is 1.90 bits per heavy atom. The number of fused-ring (bicyclic) bond motifs is 3. The van der Waals surface area contributed by atoms with Crippen LogP contribution in [0.4, 0.5) is 4.39 Å². The molecule has 5 nitrogen and oxygen atoms in total. The van der Waals surface area contributed by atoms with Gasteiger partial charge in [0.1, 0.15) is 6.10 Å². The minimum absolute atomic E-state index is 0.0369. The lowest BCUT2D eigenvalue weighted by atomic mass is 9.76. The van der Waals surface area contributed by atoms with E-state index in [-0.39, 0.29) is 36.1 Å². The number of alkyl halides is 1. The Morgan fingerprint density at radius 3 is 2.53 bits per heavy atom. The number of halogens is 1. The highest BCUT2D eigenvalue weighted by Gasteiger charge is 2.41. The normalized spacial score (nSPS) is 24.0. The second kappa shape index (κ2) is 9.54. The highest BCUT2D eigenvalue weighted by atomic mass is 19.1. The van der Waals surface area contributed by atoms with E-state index in [4.69, 9.17) is 14.2 Å². The standard InChI is InChI=1S/C24H36FNO4/c1-16(27)30-21-14-20-19-13-23(29-5)22(28-4)12-17(19)7-11-26(20)15-18(21)6-8-24(2,3)9-10-25/h12-13,18,20-21H,6-11,14-15H2,1-5H3/t18-,20-,21-/m1/s1/i25+0. The van der Waals surface area contributed by atoms with E-state index in [0.29, 0.717) is 6.42 Å². The number of piperidine rings is 1. The molecule has 1 fully saturated rings. The molecule has 3 atom stereocenters. The molecule has 30 heavy (non-hydrogen) atoms. The third-order valence-corrected chi connectivity index (χ3v) is 6.84. The van der Waals surface area contributed by atoms with Gasteiger partial charge in [0.05, 0.1) is 20.9 Å². The van der Waals surface area contributed by atoms with Crippen LogP contribution in [-0.4, -0.2) is 51.0 Å². The van der Waals surface area contributed by atoms with Crippen LogP contribution in [0.15, 0.2) is 12.1 Å². The highest BCUT2D eigenvalue weighted by Crippen LogP contribution is 2.44. The molecule has 1 aromatic carbocycles. The lowest BCUT2D eigenvalue weighted by molar-refractivity contribution is -0.154. The predicted molar refractivity (Wildman–Crippen MR) is 115 cm³/mol. The van der Waals surface area contributed by atoms with Gasteiger partial charge in [-0.05, 0) is 54.4 Å². The summed E-state index contributed by atoms with van der Waals surface area (Å²) in [6.07, 6.45) is 4.05. The van der Waals surface area contributed by atoms with Gasteiger partial charge in [-0.1, -0.05) is 13.8 Å². The third-order valence-electron chi connectivity index (χ3n) is 6.84. The van der Waals surface area contributed by atoms with Crippen LogP contribution >= 0.6 is 0 Å². The van der Waals surface area contributed by atoms with Gasteiger partial charge in [-0.2, -0.15) is 0 Å². The van der Waals surface area contributed by atoms with Crippen LogP contribution < -0.4 is 9.47 Å². The molecular formula is C24H36FNO4. The summed E-state index contributed by atoms with van der Waals surface area (Å²) in [5.41, 5.74) is 2.48. The second-order valence-corrected chi connectivity index (χ2v) is 9.45. The van der Waals surface area contributed by atoms with Gasteiger partial charge in [0, 0.05) is 38.4 Å². The van der Waals surface area contributed by atoms with Crippen LogP contribution in [0.3, 0.4) is 0 Å². The predicted octanol–water partition coefficient (Wildman–Crippen LogP) is 4.72. The third kappa shape index (κ3) is 5.08. The molecule has 0 aliphatic carbocycles. The van der Waals surface area contributed by atoms with Gasteiger partial charge in [-0.15, -0.1) is 0 Å². The molecule has 0 aromatic heterocycles. The largest absolute Gasteiger partial charge is 0.493 e. The number of esters is 1. The zero-order valence-electron chi connectivity index (χ0n) is 19.0. The van der Waals surface area contributed by atoms with Gasteiger partial charge in [-0.3, -0.25) is 14.1 Å². The fourth-order valence-corrected chi connectivity index (χ4v) is 5.00. The summed E-state index contributed by atoms with van der Waals surface area (Å²) in [6.45, 7) is 7.30. The summed E-state index contributed by atoms with van der Waals surface area (Å²) < 4.78 is 29.7. The minimum Gasteiger partial charge on any atom is -0.493 e. The lowest BCUT2D eigenvalue weighted by Crippen LogP contribution is -2.49. The van der Waals surface area contributed by atoms with Gasteiger partial charge < -0.3 is 14.2 Å². The quantitative estimate of drug-likeness (QED) is 0.569. The van der Waals surface area contributed by atoms with Crippen LogP contribution in [0.25, 0.3) is 0 Å². The molecule has 3 rings (SSSR count). The zero-order valence-corrected chi connectivity index (χ0v) is 19.0. The van der Waals surface area contributed by atoms with E-state index >= 15 is 0 Å². The van der Waals surface area contributed by atoms with E-state index in [2.05, 4.69) is 30.9 Å². The molecule has 0 saturated carbocycles. The molecule has 0 N–H and O–H groups in total. The van der Waals surface area contributed by atoms with Crippen molar-refractivity contribution in [3.8, 4) is 11.5 Å². The van der Waals surface area contributed by atoms with Gasteiger partial charge in [-0.25, -0.2) is 0 Å². The van der Waals surface area contributed by atoms with Crippen molar-refractivity contribution in [2.24, 2.45) is 11.3 Å². The van der Waals surface area contributed by atoms with E-state index in [0.717, 1.165) is 50.3 Å². The number of methoxy groups -OCH3 is 2. The van der Waals surface area contributed by atoms with Crippen molar-refractivity contribution in [1.29, 1.82) is 0 Å². The molecule has 2 heterocycles. The number of carbonyl (C=O) groups is 1. The smallest absolute Gasteiger partial charge is 0.302 e. The first-order chi connectivity index (χ1) is 14.3. The van der Waals surface area contributed by atoms with Crippen molar-refractivity contribution in [1.82, 2.24) is 4.90 Å². The molecule has 168 valence electrons. The molecule has 0 spiro atoms. The maximum absolute atomic E-state index is 12.9. The molecule has 0 unspecified atom stereocenters. The molecular weight excluding hydrogens is 385 g/mol. The monoisotopic (exact) mass is 421 g/mol. The number of carbonyl (C=O) groups excluding carboxylic acids is 1. The average molecular weight is 422 g/mol. The number of nitrogens with zero attached hydrogens (tertiary/aromatic N) is 1. The molecule has 0 radical (unpaired) electrons. The lowest BCUT2D eigenvalue weighted by Gasteiger charge is -2.47. The molecule has 0 bridgehead atoms. The number of ether oxygens (including phenoxy) is 3. The van der Waals surface area contributed by atoms with Crippen LogP contribution in [-0.2, 0) is 16.0 Å². The van der Waals surface area contributed by atoms with Crippen LogP contribution in [0.1, 0.15) is 63.6 Å². The summed E-state index contributed by atoms with van der Waals surface area (Å²) >= 11 is 0. The Morgan fingerprint density at radius 1 is 1.20 bits per heavy atom. The summed E-state index contributed by atoms with van der Waals surface area (Å²) in [5, 5.41) is 0. The molecule has 2 aliphatic rings. The van der Waals surface area contributed by atoms with Crippen molar-refractivity contribution < 1.29 is 23.4 Å². The maximum atomic E-state index is 12.9. The van der Waals surface area contributed by atoms with E-state index < -0.39 is 0 Å². The fourth-order valence-electron chi connectivity index (χ4n) is 5.00. The first-order valence-electron chi connectivity index (χ1n) is 11.0. The number of hydrogen-bond donors (Lipinski definition) is 0. The molecule has 1 aromatic rings. The number of benzene rings is 1. The Bertz CT molecular complexity index is 751. The van der Waals surface area contributed by atoms with Gasteiger partial charge in [0.15, 0.2) is 11.5 Å².